The highest BCUT2D eigenvalue weighted by atomic mass is 16.5. The van der Waals surface area contributed by atoms with E-state index in [1.807, 2.05) is 12.1 Å². The van der Waals surface area contributed by atoms with Gasteiger partial charge < -0.3 is 24.8 Å². The summed E-state index contributed by atoms with van der Waals surface area (Å²) < 4.78 is 15.9. The summed E-state index contributed by atoms with van der Waals surface area (Å²) in [6, 6.07) is 7.00. The minimum Gasteiger partial charge on any atom is -0.497 e. The molecule has 1 fully saturated rings. The molecule has 2 heterocycles. The maximum Gasteiger partial charge on any atom is 0.270 e. The molecule has 3 rings (SSSR count). The molecular formula is C19H25N5O4. The Morgan fingerprint density at radius 2 is 2.00 bits per heavy atom. The van der Waals surface area contributed by atoms with Gasteiger partial charge in [-0.25, -0.2) is 9.97 Å². The predicted octanol–water partition coefficient (Wildman–Crippen LogP) is 1.30. The second kappa shape index (κ2) is 9.86. The molecule has 0 unspecified atom stereocenters. The summed E-state index contributed by atoms with van der Waals surface area (Å²) in [6.45, 7) is 4.60. The quantitative estimate of drug-likeness (QED) is 0.700. The van der Waals surface area contributed by atoms with E-state index >= 15 is 0 Å². The monoisotopic (exact) mass is 387 g/mol. The number of methoxy groups -OCH3 is 2. The number of hydrogen-bond acceptors (Lipinski definition) is 8. The predicted molar refractivity (Wildman–Crippen MR) is 104 cm³/mol. The van der Waals surface area contributed by atoms with Gasteiger partial charge in [0.05, 0.1) is 33.1 Å². The molecule has 0 bridgehead atoms. The van der Waals surface area contributed by atoms with E-state index in [1.54, 1.807) is 26.4 Å². The van der Waals surface area contributed by atoms with Crippen molar-refractivity contribution in [2.45, 2.75) is 0 Å². The van der Waals surface area contributed by atoms with Crippen molar-refractivity contribution in [1.29, 1.82) is 0 Å². The normalized spacial score (nSPS) is 14.4. The summed E-state index contributed by atoms with van der Waals surface area (Å²) in [7, 11) is 3.17. The fraction of sp³-hybridized carbons (Fsp3) is 0.421. The summed E-state index contributed by atoms with van der Waals surface area (Å²) in [5.74, 6) is 1.55. The van der Waals surface area contributed by atoms with Gasteiger partial charge in [0, 0.05) is 38.3 Å². The van der Waals surface area contributed by atoms with Crippen LogP contribution in [0.1, 0.15) is 10.5 Å². The van der Waals surface area contributed by atoms with E-state index in [1.165, 1.54) is 6.33 Å². The Balaban J connectivity index is 1.59. The maximum atomic E-state index is 12.4. The third kappa shape index (κ3) is 5.30. The van der Waals surface area contributed by atoms with Gasteiger partial charge in [-0.3, -0.25) is 9.69 Å². The molecule has 1 amide bonds. The lowest BCUT2D eigenvalue weighted by molar-refractivity contribution is 0.0383. The third-order valence-corrected chi connectivity index (χ3v) is 4.39. The molecule has 0 radical (unpaired) electrons. The Labute approximate surface area is 164 Å². The summed E-state index contributed by atoms with van der Waals surface area (Å²) in [5.41, 5.74) is 1.01. The van der Waals surface area contributed by atoms with Crippen molar-refractivity contribution in [3.05, 3.63) is 36.3 Å². The van der Waals surface area contributed by atoms with E-state index in [2.05, 4.69) is 25.5 Å². The van der Waals surface area contributed by atoms with Crippen LogP contribution in [0.15, 0.2) is 30.6 Å². The number of ether oxygens (including phenoxy) is 3. The van der Waals surface area contributed by atoms with Gasteiger partial charge in [-0.15, -0.1) is 0 Å². The molecule has 1 aromatic carbocycles. The number of nitrogens with zero attached hydrogens (tertiary/aromatic N) is 3. The highest BCUT2D eigenvalue weighted by molar-refractivity contribution is 5.93. The Morgan fingerprint density at radius 3 is 2.75 bits per heavy atom. The molecule has 150 valence electrons. The zero-order chi connectivity index (χ0) is 19.8. The van der Waals surface area contributed by atoms with Crippen LogP contribution in [0.3, 0.4) is 0 Å². The van der Waals surface area contributed by atoms with Crippen LogP contribution in [0, 0.1) is 0 Å². The van der Waals surface area contributed by atoms with Crippen LogP contribution in [-0.4, -0.2) is 74.4 Å². The summed E-state index contributed by atoms with van der Waals surface area (Å²) >= 11 is 0. The standard InChI is InChI=1S/C19H25N5O4/c1-26-14-3-4-15(17(11-14)27-2)23-18-12-16(21-13-22-18)19(25)20-5-6-24-7-9-28-10-8-24/h3-4,11-13H,5-10H2,1-2H3,(H,20,25)(H,21,22,23). The fourth-order valence-electron chi connectivity index (χ4n) is 2.83. The van der Waals surface area contributed by atoms with Gasteiger partial charge in [-0.1, -0.05) is 0 Å². The Bertz CT molecular complexity index is 796. The van der Waals surface area contributed by atoms with Crippen molar-refractivity contribution < 1.29 is 19.0 Å². The number of carbonyl (C=O) groups excluding carboxylic acids is 1. The molecule has 0 spiro atoms. The molecule has 1 aromatic heterocycles. The summed E-state index contributed by atoms with van der Waals surface area (Å²) in [4.78, 5) is 22.9. The zero-order valence-corrected chi connectivity index (χ0v) is 16.1. The van der Waals surface area contributed by atoms with Crippen molar-refractivity contribution >= 4 is 17.4 Å². The van der Waals surface area contributed by atoms with Crippen LogP contribution in [0.5, 0.6) is 11.5 Å². The molecule has 9 heteroatoms. The number of morpholine rings is 1. The smallest absolute Gasteiger partial charge is 0.270 e. The molecule has 2 aromatic rings. The number of rotatable bonds is 8. The first-order valence-corrected chi connectivity index (χ1v) is 9.09. The van der Waals surface area contributed by atoms with Crippen LogP contribution in [0.4, 0.5) is 11.5 Å². The number of amides is 1. The van der Waals surface area contributed by atoms with Gasteiger partial charge in [0.1, 0.15) is 29.3 Å². The van der Waals surface area contributed by atoms with Crippen molar-refractivity contribution in [2.75, 3.05) is 58.9 Å². The van der Waals surface area contributed by atoms with Crippen molar-refractivity contribution in [2.24, 2.45) is 0 Å². The number of benzene rings is 1. The molecule has 0 atom stereocenters. The SMILES string of the molecule is COc1ccc(Nc2cc(C(=O)NCCN3CCOCC3)ncn2)c(OC)c1. The molecule has 9 nitrogen and oxygen atoms in total. The molecule has 28 heavy (non-hydrogen) atoms. The highest BCUT2D eigenvalue weighted by Gasteiger charge is 2.13. The Morgan fingerprint density at radius 1 is 1.18 bits per heavy atom. The van der Waals surface area contributed by atoms with E-state index in [0.29, 0.717) is 35.2 Å². The minimum absolute atomic E-state index is 0.236. The van der Waals surface area contributed by atoms with Crippen LogP contribution < -0.4 is 20.1 Å². The molecule has 1 saturated heterocycles. The van der Waals surface area contributed by atoms with Crippen LogP contribution in [0.25, 0.3) is 0 Å². The lowest BCUT2D eigenvalue weighted by Gasteiger charge is -2.26. The molecule has 1 aliphatic rings. The third-order valence-electron chi connectivity index (χ3n) is 4.39. The second-order valence-corrected chi connectivity index (χ2v) is 6.19. The number of anilines is 2. The van der Waals surface area contributed by atoms with Gasteiger partial charge in [0.15, 0.2) is 0 Å². The lowest BCUT2D eigenvalue weighted by atomic mass is 10.2. The van der Waals surface area contributed by atoms with Gasteiger partial charge in [0.2, 0.25) is 0 Å². The summed E-state index contributed by atoms with van der Waals surface area (Å²) in [5, 5.41) is 6.04. The number of carbonyl (C=O) groups is 1. The maximum absolute atomic E-state index is 12.4. The summed E-state index contributed by atoms with van der Waals surface area (Å²) in [6.07, 6.45) is 1.36. The molecule has 2 N–H and O–H groups in total. The van der Waals surface area contributed by atoms with E-state index < -0.39 is 0 Å². The zero-order valence-electron chi connectivity index (χ0n) is 16.1. The lowest BCUT2D eigenvalue weighted by Crippen LogP contribution is -2.41. The van der Waals surface area contributed by atoms with Crippen molar-refractivity contribution in [3.8, 4) is 11.5 Å². The molecular weight excluding hydrogens is 362 g/mol. The molecule has 0 saturated carbocycles. The number of aromatic nitrogens is 2. The minimum atomic E-state index is -0.236. The average Bonchev–Trinajstić information content (AvgIpc) is 2.75. The first-order chi connectivity index (χ1) is 13.7. The average molecular weight is 387 g/mol. The molecule has 1 aliphatic heterocycles. The van der Waals surface area contributed by atoms with E-state index in [4.69, 9.17) is 14.2 Å². The Hall–Kier alpha value is -2.91. The topological polar surface area (TPSA) is 97.8 Å². The fourth-order valence-corrected chi connectivity index (χ4v) is 2.83. The van der Waals surface area contributed by atoms with Gasteiger partial charge in [-0.2, -0.15) is 0 Å². The largest absolute Gasteiger partial charge is 0.497 e. The second-order valence-electron chi connectivity index (χ2n) is 6.19. The van der Waals surface area contributed by atoms with Crippen LogP contribution >= 0.6 is 0 Å². The van der Waals surface area contributed by atoms with Gasteiger partial charge in [-0.05, 0) is 12.1 Å². The van der Waals surface area contributed by atoms with Crippen molar-refractivity contribution in [3.63, 3.8) is 0 Å². The highest BCUT2D eigenvalue weighted by Crippen LogP contribution is 2.30. The van der Waals surface area contributed by atoms with Gasteiger partial charge >= 0.3 is 0 Å². The van der Waals surface area contributed by atoms with Crippen molar-refractivity contribution in [1.82, 2.24) is 20.2 Å². The first-order valence-electron chi connectivity index (χ1n) is 9.09. The van der Waals surface area contributed by atoms with E-state index in [0.717, 1.165) is 32.8 Å². The first kappa shape index (κ1) is 19.8. The number of nitrogens with one attached hydrogen (secondary N) is 2. The van der Waals surface area contributed by atoms with Crippen LogP contribution in [0.2, 0.25) is 0 Å². The Kier molecular flexibility index (Phi) is 6.99. The van der Waals surface area contributed by atoms with E-state index in [-0.39, 0.29) is 5.91 Å². The number of hydrogen-bond donors (Lipinski definition) is 2. The van der Waals surface area contributed by atoms with E-state index in [9.17, 15) is 4.79 Å². The van der Waals surface area contributed by atoms with Crippen LogP contribution in [-0.2, 0) is 4.74 Å². The molecule has 0 aliphatic carbocycles. The van der Waals surface area contributed by atoms with Gasteiger partial charge in [0.25, 0.3) is 5.91 Å².